The molecule has 6 nitrogen and oxygen atoms in total. The van der Waals surface area contributed by atoms with Gasteiger partial charge in [-0.25, -0.2) is 21.6 Å². The molecule has 1 aliphatic rings. The number of aliphatic hydroxyl groups is 1. The predicted molar refractivity (Wildman–Crippen MR) is 62.3 cm³/mol. The number of β-amino-alcohol motifs (C(OH)–C–C–N with tert-alkyl or cyclic N) is 1. The summed E-state index contributed by atoms with van der Waals surface area (Å²) in [5.74, 6) is -6.20. The van der Waals surface area contributed by atoms with Crippen LogP contribution in [0.15, 0.2) is 17.0 Å². The number of aliphatic carboxylic acids is 1. The van der Waals surface area contributed by atoms with Crippen molar-refractivity contribution in [3.05, 3.63) is 29.6 Å². The zero-order valence-electron chi connectivity index (χ0n) is 10.3. The smallest absolute Gasteiger partial charge is 0.322 e. The van der Waals surface area contributed by atoms with Crippen LogP contribution in [0.4, 0.5) is 13.2 Å². The average molecular weight is 325 g/mol. The van der Waals surface area contributed by atoms with Gasteiger partial charge in [0, 0.05) is 25.1 Å². The highest BCUT2D eigenvalue weighted by Crippen LogP contribution is 2.30. The molecule has 0 saturated carbocycles. The zero-order chi connectivity index (χ0) is 15.9. The minimum absolute atomic E-state index is 0.179. The summed E-state index contributed by atoms with van der Waals surface area (Å²) < 4.78 is 64.7. The van der Waals surface area contributed by atoms with Crippen molar-refractivity contribution in [2.24, 2.45) is 0 Å². The molecule has 0 spiro atoms. The Morgan fingerprint density at radius 1 is 1.24 bits per heavy atom. The van der Waals surface area contributed by atoms with Gasteiger partial charge in [0.1, 0.15) is 23.5 Å². The number of nitrogens with zero attached hydrogens (tertiary/aromatic N) is 1. The normalized spacial score (nSPS) is 23.4. The third kappa shape index (κ3) is 2.74. The van der Waals surface area contributed by atoms with E-state index in [0.717, 1.165) is 0 Å². The quantitative estimate of drug-likeness (QED) is 0.834. The number of benzene rings is 1. The van der Waals surface area contributed by atoms with Crippen LogP contribution in [0.5, 0.6) is 0 Å². The second-order valence-electron chi connectivity index (χ2n) is 4.52. The van der Waals surface area contributed by atoms with E-state index in [9.17, 15) is 31.5 Å². The highest BCUT2D eigenvalue weighted by atomic mass is 32.2. The fourth-order valence-corrected chi connectivity index (χ4v) is 3.89. The van der Waals surface area contributed by atoms with E-state index in [1.54, 1.807) is 0 Å². The lowest BCUT2D eigenvalue weighted by Crippen LogP contribution is -2.41. The number of hydrogen-bond donors (Lipinski definition) is 2. The summed E-state index contributed by atoms with van der Waals surface area (Å²) >= 11 is 0. The van der Waals surface area contributed by atoms with Crippen LogP contribution >= 0.6 is 0 Å². The molecule has 1 fully saturated rings. The zero-order valence-corrected chi connectivity index (χ0v) is 11.1. The molecule has 0 amide bonds. The molecule has 21 heavy (non-hydrogen) atoms. The van der Waals surface area contributed by atoms with E-state index < -0.39 is 63.5 Å². The molecule has 0 radical (unpaired) electrons. The Labute approximate surface area is 117 Å². The van der Waals surface area contributed by atoms with Gasteiger partial charge in [-0.05, 0) is 0 Å². The van der Waals surface area contributed by atoms with E-state index in [0.29, 0.717) is 4.31 Å². The molecule has 2 atom stereocenters. The van der Waals surface area contributed by atoms with E-state index >= 15 is 0 Å². The van der Waals surface area contributed by atoms with Gasteiger partial charge < -0.3 is 10.2 Å². The molecule has 2 rings (SSSR count). The summed E-state index contributed by atoms with van der Waals surface area (Å²) in [6.07, 6.45) is -1.67. The first-order valence-corrected chi connectivity index (χ1v) is 7.16. The third-order valence-corrected chi connectivity index (χ3v) is 4.98. The fourth-order valence-electron chi connectivity index (χ4n) is 2.17. The van der Waals surface area contributed by atoms with Crippen LogP contribution in [0.25, 0.3) is 0 Å². The summed E-state index contributed by atoms with van der Waals surface area (Å²) in [4.78, 5) is 9.55. The van der Waals surface area contributed by atoms with Crippen molar-refractivity contribution in [1.29, 1.82) is 0 Å². The van der Waals surface area contributed by atoms with Crippen LogP contribution in [-0.4, -0.2) is 47.6 Å². The van der Waals surface area contributed by atoms with E-state index in [1.165, 1.54) is 0 Å². The van der Waals surface area contributed by atoms with Gasteiger partial charge in [0.2, 0.25) is 10.0 Å². The summed E-state index contributed by atoms with van der Waals surface area (Å²) in [7, 11) is -4.87. The maximum absolute atomic E-state index is 13.6. The largest absolute Gasteiger partial charge is 0.480 e. The van der Waals surface area contributed by atoms with Crippen molar-refractivity contribution >= 4 is 16.0 Å². The Morgan fingerprint density at radius 3 is 2.24 bits per heavy atom. The predicted octanol–water partition coefficient (Wildman–Crippen LogP) is 0.312. The van der Waals surface area contributed by atoms with Crippen LogP contribution in [0, 0.1) is 17.5 Å². The summed E-state index contributed by atoms with van der Waals surface area (Å²) in [5.41, 5.74) is 0. The molecule has 1 aromatic rings. The van der Waals surface area contributed by atoms with Crippen molar-refractivity contribution in [3.63, 3.8) is 0 Å². The first-order valence-electron chi connectivity index (χ1n) is 5.72. The monoisotopic (exact) mass is 325 g/mol. The van der Waals surface area contributed by atoms with Crippen LogP contribution < -0.4 is 0 Å². The van der Waals surface area contributed by atoms with E-state index in [4.69, 9.17) is 5.11 Å². The van der Waals surface area contributed by atoms with Gasteiger partial charge in [-0.15, -0.1) is 0 Å². The van der Waals surface area contributed by atoms with Crippen LogP contribution in [-0.2, 0) is 14.8 Å². The van der Waals surface area contributed by atoms with Gasteiger partial charge >= 0.3 is 5.97 Å². The van der Waals surface area contributed by atoms with Crippen LogP contribution in [0.2, 0.25) is 0 Å². The molecule has 0 aromatic heterocycles. The fraction of sp³-hybridized carbons (Fsp3) is 0.364. The average Bonchev–Trinajstić information content (AvgIpc) is 2.70. The maximum Gasteiger partial charge on any atom is 0.322 e. The van der Waals surface area contributed by atoms with Crippen LogP contribution in [0.3, 0.4) is 0 Å². The number of sulfonamides is 1. The molecular weight excluding hydrogens is 315 g/mol. The van der Waals surface area contributed by atoms with Crippen molar-refractivity contribution in [2.45, 2.75) is 23.5 Å². The lowest BCUT2D eigenvalue weighted by atomic mass is 10.2. The topological polar surface area (TPSA) is 94.9 Å². The van der Waals surface area contributed by atoms with Gasteiger partial charge in [0.05, 0.1) is 6.10 Å². The third-order valence-electron chi connectivity index (χ3n) is 3.05. The van der Waals surface area contributed by atoms with Gasteiger partial charge in [0.25, 0.3) is 0 Å². The molecule has 1 aliphatic heterocycles. The molecule has 0 aliphatic carbocycles. The van der Waals surface area contributed by atoms with E-state index in [2.05, 4.69) is 0 Å². The van der Waals surface area contributed by atoms with Crippen molar-refractivity contribution in [2.75, 3.05) is 6.54 Å². The van der Waals surface area contributed by atoms with Gasteiger partial charge in [-0.2, -0.15) is 4.31 Å². The number of hydrogen-bond acceptors (Lipinski definition) is 4. The molecule has 2 N–H and O–H groups in total. The minimum Gasteiger partial charge on any atom is -0.480 e. The Kier molecular flexibility index (Phi) is 3.95. The second kappa shape index (κ2) is 5.28. The second-order valence-corrected chi connectivity index (χ2v) is 6.34. The molecule has 116 valence electrons. The molecule has 1 heterocycles. The summed E-state index contributed by atoms with van der Waals surface area (Å²) in [5, 5.41) is 18.3. The SMILES string of the molecule is O=C(O)[C@@H]1C[C@H](O)CN1S(=O)(=O)c1c(F)cc(F)cc1F. The Hall–Kier alpha value is -1.65. The molecule has 0 unspecified atom stereocenters. The Morgan fingerprint density at radius 2 is 1.76 bits per heavy atom. The molecule has 1 aromatic carbocycles. The summed E-state index contributed by atoms with van der Waals surface area (Å²) in [6, 6.07) is -1.29. The minimum atomic E-state index is -4.87. The van der Waals surface area contributed by atoms with Crippen LogP contribution in [0.1, 0.15) is 6.42 Å². The first kappa shape index (κ1) is 15.7. The molecule has 10 heteroatoms. The van der Waals surface area contributed by atoms with Crippen molar-refractivity contribution in [1.82, 2.24) is 4.31 Å². The van der Waals surface area contributed by atoms with Crippen molar-refractivity contribution < 1.29 is 36.6 Å². The number of rotatable bonds is 3. The van der Waals surface area contributed by atoms with Gasteiger partial charge in [-0.3, -0.25) is 4.79 Å². The molecular formula is C11H10F3NO5S. The maximum atomic E-state index is 13.6. The van der Waals surface area contributed by atoms with Crippen molar-refractivity contribution in [3.8, 4) is 0 Å². The highest BCUT2D eigenvalue weighted by molar-refractivity contribution is 7.89. The lowest BCUT2D eigenvalue weighted by Gasteiger charge is -2.21. The standard InChI is InChI=1S/C11H10F3NO5S/c12-5-1-7(13)10(8(14)2-5)21(19,20)15-4-6(16)3-9(15)11(17)18/h1-2,6,9,16H,3-4H2,(H,17,18)/t6-,9-/m0/s1. The number of carboxylic acid groups (broad SMARTS) is 1. The van der Waals surface area contributed by atoms with Gasteiger partial charge in [-0.1, -0.05) is 0 Å². The number of halogens is 3. The first-order chi connectivity index (χ1) is 9.64. The Bertz CT molecular complexity index is 670. The summed E-state index contributed by atoms with van der Waals surface area (Å²) in [6.45, 7) is -0.616. The molecule has 1 saturated heterocycles. The Balaban J connectivity index is 2.55. The van der Waals surface area contributed by atoms with E-state index in [1.807, 2.05) is 0 Å². The number of carbonyl (C=O) groups is 1. The lowest BCUT2D eigenvalue weighted by molar-refractivity contribution is -0.140. The molecule has 0 bridgehead atoms. The number of aliphatic hydroxyl groups excluding tert-OH is 1. The highest BCUT2D eigenvalue weighted by Gasteiger charge is 2.45. The van der Waals surface area contributed by atoms with Gasteiger partial charge in [0.15, 0.2) is 4.90 Å². The number of carboxylic acids is 1. The van der Waals surface area contributed by atoms with E-state index in [-0.39, 0.29) is 12.1 Å².